The van der Waals surface area contributed by atoms with Gasteiger partial charge in [0.1, 0.15) is 11.3 Å². The van der Waals surface area contributed by atoms with Gasteiger partial charge in [-0.2, -0.15) is 5.10 Å². The summed E-state index contributed by atoms with van der Waals surface area (Å²) < 4.78 is 18.4. The first-order valence-electron chi connectivity index (χ1n) is 10.8. The van der Waals surface area contributed by atoms with E-state index in [2.05, 4.69) is 20.3 Å². The quantitative estimate of drug-likeness (QED) is 0.329. The summed E-state index contributed by atoms with van der Waals surface area (Å²) in [5.74, 6) is 2.74. The van der Waals surface area contributed by atoms with Crippen LogP contribution in [0.5, 0.6) is 11.5 Å². The van der Waals surface area contributed by atoms with E-state index in [1.807, 2.05) is 56.3 Å². The summed E-state index contributed by atoms with van der Waals surface area (Å²) in [6.07, 6.45) is 0. The first-order valence-corrected chi connectivity index (χ1v) is 11.8. The maximum Gasteiger partial charge on any atom is 0.290 e. The summed E-state index contributed by atoms with van der Waals surface area (Å²) >= 11 is 1.40. The highest BCUT2D eigenvalue weighted by atomic mass is 32.2. The summed E-state index contributed by atoms with van der Waals surface area (Å²) in [4.78, 5) is 17.1. The Morgan fingerprint density at radius 1 is 1.09 bits per heavy atom. The van der Waals surface area contributed by atoms with Crippen LogP contribution in [0.25, 0.3) is 28.2 Å². The Morgan fingerprint density at radius 2 is 1.89 bits per heavy atom. The smallest absolute Gasteiger partial charge is 0.290 e. The Labute approximate surface area is 205 Å². The number of methoxy groups -OCH3 is 2. The molecule has 3 heterocycles. The highest BCUT2D eigenvalue weighted by Gasteiger charge is 2.19. The normalized spacial score (nSPS) is 11.2. The molecule has 5 rings (SSSR count). The molecule has 0 bridgehead atoms. The number of nitrogens with zero attached hydrogens (tertiary/aromatic N) is 4. The Kier molecular flexibility index (Phi) is 6.04. The Hall–Kier alpha value is -4.05. The van der Waals surface area contributed by atoms with Crippen LogP contribution in [0.15, 0.2) is 62.9 Å². The molecule has 1 N–H and O–H groups in total. The van der Waals surface area contributed by atoms with Crippen LogP contribution in [0.4, 0.5) is 0 Å². The van der Waals surface area contributed by atoms with Crippen LogP contribution >= 0.6 is 11.8 Å². The maximum absolute atomic E-state index is 12.4. The van der Waals surface area contributed by atoms with Crippen molar-refractivity contribution >= 4 is 17.3 Å². The molecule has 0 saturated carbocycles. The van der Waals surface area contributed by atoms with Gasteiger partial charge in [0.05, 0.1) is 31.2 Å². The second-order valence-corrected chi connectivity index (χ2v) is 8.82. The van der Waals surface area contributed by atoms with Gasteiger partial charge >= 0.3 is 0 Å². The van der Waals surface area contributed by atoms with Crippen LogP contribution in [0.2, 0.25) is 0 Å². The molecule has 0 aliphatic heterocycles. The number of oxazole rings is 1. The maximum atomic E-state index is 12.4. The van der Waals surface area contributed by atoms with E-state index in [9.17, 15) is 4.79 Å². The Balaban J connectivity index is 1.45. The van der Waals surface area contributed by atoms with Crippen molar-refractivity contribution in [2.24, 2.45) is 0 Å². The van der Waals surface area contributed by atoms with Crippen molar-refractivity contribution < 1.29 is 13.9 Å². The van der Waals surface area contributed by atoms with Crippen molar-refractivity contribution in [2.45, 2.75) is 24.8 Å². The molecular formula is C25H23N5O4S. The van der Waals surface area contributed by atoms with Gasteiger partial charge in [-0.1, -0.05) is 47.7 Å². The summed E-state index contributed by atoms with van der Waals surface area (Å²) in [7, 11) is 3.16. The van der Waals surface area contributed by atoms with E-state index in [0.717, 1.165) is 16.8 Å². The van der Waals surface area contributed by atoms with Gasteiger partial charge in [-0.05, 0) is 32.0 Å². The molecule has 0 amide bonds. The fourth-order valence-corrected chi connectivity index (χ4v) is 4.62. The molecule has 9 nitrogen and oxygen atoms in total. The monoisotopic (exact) mass is 489 g/mol. The first-order chi connectivity index (χ1) is 17.0. The van der Waals surface area contributed by atoms with E-state index in [0.29, 0.717) is 50.8 Å². The molecule has 5 aromatic rings. The average molecular weight is 490 g/mol. The standard InChI is InChI=1S/C25H23N5O4S/c1-14-8-10-16(11-9-14)18-12-20-23(31)27-28-25(30(20)29-18)35-13-19-15(2)34-24(26-19)17-6-5-7-21(32-3)22(17)33-4/h5-12H,13H2,1-4H3,(H,27,31). The number of para-hydroxylation sites is 1. The van der Waals surface area contributed by atoms with Crippen LogP contribution in [0.1, 0.15) is 17.0 Å². The SMILES string of the molecule is COc1cccc(-c2nc(CSc3n[nH]c(=O)c4cc(-c5ccc(C)cc5)nn34)c(C)o2)c1OC. The van der Waals surface area contributed by atoms with Crippen molar-refractivity contribution in [2.75, 3.05) is 14.2 Å². The third kappa shape index (κ3) is 4.28. The molecular weight excluding hydrogens is 466 g/mol. The van der Waals surface area contributed by atoms with E-state index in [4.69, 9.17) is 13.9 Å². The van der Waals surface area contributed by atoms with Gasteiger partial charge in [0.2, 0.25) is 11.0 Å². The summed E-state index contributed by atoms with van der Waals surface area (Å²) in [6.45, 7) is 3.89. The number of thioether (sulfide) groups is 1. The number of H-pyrrole nitrogens is 1. The molecule has 178 valence electrons. The van der Waals surface area contributed by atoms with Crippen LogP contribution in [-0.4, -0.2) is 39.0 Å². The van der Waals surface area contributed by atoms with Crippen LogP contribution in [-0.2, 0) is 5.75 Å². The van der Waals surface area contributed by atoms with Gasteiger partial charge in [-0.3, -0.25) is 4.79 Å². The Bertz CT molecular complexity index is 1570. The molecule has 3 aromatic heterocycles. The van der Waals surface area contributed by atoms with Crippen LogP contribution in [0.3, 0.4) is 0 Å². The number of hydrogen-bond donors (Lipinski definition) is 1. The van der Waals surface area contributed by atoms with Crippen molar-refractivity contribution in [1.82, 2.24) is 24.8 Å². The number of ether oxygens (including phenoxy) is 2. The molecule has 35 heavy (non-hydrogen) atoms. The van der Waals surface area contributed by atoms with E-state index in [1.165, 1.54) is 11.8 Å². The topological polar surface area (TPSA) is 108 Å². The second kappa shape index (κ2) is 9.30. The Morgan fingerprint density at radius 3 is 2.63 bits per heavy atom. The molecule has 0 saturated heterocycles. The van der Waals surface area contributed by atoms with Gasteiger partial charge in [0.25, 0.3) is 5.56 Å². The number of hydrogen-bond acceptors (Lipinski definition) is 8. The van der Waals surface area contributed by atoms with Crippen LogP contribution in [0, 0.1) is 13.8 Å². The lowest BCUT2D eigenvalue weighted by atomic mass is 10.1. The molecule has 0 radical (unpaired) electrons. The molecule has 2 aromatic carbocycles. The fraction of sp³-hybridized carbons (Fsp3) is 0.200. The van der Waals surface area contributed by atoms with E-state index < -0.39 is 0 Å². The lowest BCUT2D eigenvalue weighted by molar-refractivity contribution is 0.355. The predicted octanol–water partition coefficient (Wildman–Crippen LogP) is 4.67. The molecule has 0 unspecified atom stereocenters. The summed E-state index contributed by atoms with van der Waals surface area (Å²) in [5, 5.41) is 12.0. The molecule has 10 heteroatoms. The highest BCUT2D eigenvalue weighted by molar-refractivity contribution is 7.98. The number of fused-ring (bicyclic) bond motifs is 1. The minimum absolute atomic E-state index is 0.301. The van der Waals surface area contributed by atoms with Crippen molar-refractivity contribution in [3.8, 4) is 34.2 Å². The first kappa shape index (κ1) is 22.7. The third-order valence-electron chi connectivity index (χ3n) is 5.59. The van der Waals surface area contributed by atoms with Gasteiger partial charge in [-0.25, -0.2) is 14.6 Å². The number of nitrogens with one attached hydrogen (secondary N) is 1. The number of benzene rings is 2. The van der Waals surface area contributed by atoms with Gasteiger partial charge in [0.15, 0.2) is 11.5 Å². The molecule has 0 atom stereocenters. The van der Waals surface area contributed by atoms with Crippen LogP contribution < -0.4 is 15.0 Å². The van der Waals surface area contributed by atoms with Crippen molar-refractivity contribution in [1.29, 1.82) is 0 Å². The second-order valence-electron chi connectivity index (χ2n) is 7.88. The zero-order valence-electron chi connectivity index (χ0n) is 19.7. The lowest BCUT2D eigenvalue weighted by Gasteiger charge is -2.09. The van der Waals surface area contributed by atoms with Crippen molar-refractivity contribution in [3.05, 3.63) is 75.9 Å². The molecule has 0 aliphatic rings. The minimum atomic E-state index is -0.301. The lowest BCUT2D eigenvalue weighted by Crippen LogP contribution is -2.13. The largest absolute Gasteiger partial charge is 0.493 e. The van der Waals surface area contributed by atoms with Crippen molar-refractivity contribution in [3.63, 3.8) is 0 Å². The zero-order valence-corrected chi connectivity index (χ0v) is 20.5. The van der Waals surface area contributed by atoms with E-state index >= 15 is 0 Å². The summed E-state index contributed by atoms with van der Waals surface area (Å²) in [6, 6.07) is 15.3. The fourth-order valence-electron chi connectivity index (χ4n) is 3.72. The number of aromatic nitrogens is 5. The zero-order chi connectivity index (χ0) is 24.5. The summed E-state index contributed by atoms with van der Waals surface area (Å²) in [5.41, 5.74) is 4.37. The molecule has 0 aliphatic carbocycles. The minimum Gasteiger partial charge on any atom is -0.493 e. The molecule has 0 spiro atoms. The number of aromatic amines is 1. The number of aryl methyl sites for hydroxylation is 2. The van der Waals surface area contributed by atoms with E-state index in [-0.39, 0.29) is 5.56 Å². The third-order valence-corrected chi connectivity index (χ3v) is 6.53. The average Bonchev–Trinajstić information content (AvgIpc) is 3.48. The van der Waals surface area contributed by atoms with Gasteiger partial charge in [-0.15, -0.1) is 5.10 Å². The van der Waals surface area contributed by atoms with Gasteiger partial charge in [0, 0.05) is 11.3 Å². The molecule has 0 fully saturated rings. The van der Waals surface area contributed by atoms with Gasteiger partial charge < -0.3 is 13.9 Å². The number of rotatable bonds is 7. The predicted molar refractivity (Wildman–Crippen MR) is 133 cm³/mol. The van der Waals surface area contributed by atoms with E-state index in [1.54, 1.807) is 24.8 Å². The highest BCUT2D eigenvalue weighted by Crippen LogP contribution is 2.38.